The van der Waals surface area contributed by atoms with E-state index in [1.54, 1.807) is 0 Å². The van der Waals surface area contributed by atoms with E-state index in [0.29, 0.717) is 12.1 Å². The molecule has 2 atom stereocenters. The third-order valence-electron chi connectivity index (χ3n) is 3.10. The molecule has 2 aliphatic carbocycles. The zero-order valence-electron chi connectivity index (χ0n) is 11.0. The van der Waals surface area contributed by atoms with Crippen LogP contribution in [0.15, 0.2) is 4.99 Å². The van der Waals surface area contributed by atoms with Gasteiger partial charge in [0.25, 0.3) is 0 Å². The Hall–Kier alpha value is -0.530. The Bertz CT molecular complexity index is 317. The summed E-state index contributed by atoms with van der Waals surface area (Å²) in [5.41, 5.74) is 0. The Morgan fingerprint density at radius 2 is 2.00 bits per heavy atom. The minimum absolute atomic E-state index is 0. The Labute approximate surface area is 126 Å². The maximum atomic E-state index is 11.5. The van der Waals surface area contributed by atoms with E-state index < -0.39 is 0 Å². The number of amides is 1. The van der Waals surface area contributed by atoms with Crippen LogP contribution >= 0.6 is 24.0 Å². The molecule has 2 unspecified atom stereocenters. The largest absolute Gasteiger partial charge is 0.357 e. The Kier molecular flexibility index (Phi) is 6.17. The maximum Gasteiger partial charge on any atom is 0.242 e. The van der Waals surface area contributed by atoms with Crippen LogP contribution in [0.4, 0.5) is 0 Å². The minimum atomic E-state index is 0. The lowest BCUT2D eigenvalue weighted by atomic mass is 10.5. The first kappa shape index (κ1) is 15.5. The number of nitrogens with one attached hydrogen (secondary N) is 3. The van der Waals surface area contributed by atoms with E-state index in [-0.39, 0.29) is 36.4 Å². The van der Waals surface area contributed by atoms with E-state index in [1.807, 2.05) is 6.92 Å². The molecule has 3 N–H and O–H groups in total. The van der Waals surface area contributed by atoms with Gasteiger partial charge in [0.2, 0.25) is 5.91 Å². The van der Waals surface area contributed by atoms with Gasteiger partial charge in [0, 0.05) is 18.6 Å². The van der Waals surface area contributed by atoms with Crippen molar-refractivity contribution in [3.05, 3.63) is 0 Å². The van der Waals surface area contributed by atoms with Crippen LogP contribution < -0.4 is 16.0 Å². The van der Waals surface area contributed by atoms with Crippen LogP contribution in [0.3, 0.4) is 0 Å². The normalized spacial score (nSPS) is 26.0. The topological polar surface area (TPSA) is 65.5 Å². The van der Waals surface area contributed by atoms with Crippen molar-refractivity contribution in [3.63, 3.8) is 0 Å². The fourth-order valence-corrected chi connectivity index (χ4v) is 1.67. The maximum absolute atomic E-state index is 11.5. The van der Waals surface area contributed by atoms with Crippen LogP contribution in [0, 0.1) is 5.92 Å². The molecule has 104 valence electrons. The fraction of sp³-hybridized carbons (Fsp3) is 0.833. The van der Waals surface area contributed by atoms with Gasteiger partial charge in [0.15, 0.2) is 5.96 Å². The van der Waals surface area contributed by atoms with Crippen LogP contribution in [-0.2, 0) is 4.79 Å². The predicted octanol–water partition coefficient (Wildman–Crippen LogP) is 0.846. The van der Waals surface area contributed by atoms with Crippen LogP contribution in [0.2, 0.25) is 0 Å². The van der Waals surface area contributed by atoms with Crippen molar-refractivity contribution in [3.8, 4) is 0 Å². The van der Waals surface area contributed by atoms with Gasteiger partial charge in [0.05, 0.1) is 0 Å². The minimum Gasteiger partial charge on any atom is -0.357 e. The Morgan fingerprint density at radius 3 is 2.50 bits per heavy atom. The summed E-state index contributed by atoms with van der Waals surface area (Å²) in [6, 6.07) is 0.941. The van der Waals surface area contributed by atoms with Crippen molar-refractivity contribution in [2.45, 2.75) is 45.2 Å². The van der Waals surface area contributed by atoms with E-state index in [9.17, 15) is 4.79 Å². The van der Waals surface area contributed by atoms with E-state index in [4.69, 9.17) is 0 Å². The highest BCUT2D eigenvalue weighted by molar-refractivity contribution is 14.0. The summed E-state index contributed by atoms with van der Waals surface area (Å²) in [6.45, 7) is 5.27. The number of rotatable bonds is 5. The summed E-state index contributed by atoms with van der Waals surface area (Å²) in [6.07, 6.45) is 3.43. The number of aliphatic imine (C=N–C) groups is 1. The molecule has 0 aromatic heterocycles. The standard InChI is InChI=1S/C12H22N4O.HI/c1-3-13-12(16-10-6-8(10)2)14-7-11(17)15-9-4-5-9;/h8-10H,3-7H2,1-2H3,(H,15,17)(H2,13,14,16);1H. The smallest absolute Gasteiger partial charge is 0.242 e. The molecular weight excluding hydrogens is 343 g/mol. The van der Waals surface area contributed by atoms with Crippen LogP contribution in [0.25, 0.3) is 0 Å². The molecule has 2 aliphatic rings. The summed E-state index contributed by atoms with van der Waals surface area (Å²) >= 11 is 0. The first-order chi connectivity index (χ1) is 8.19. The molecular formula is C12H23IN4O. The third-order valence-corrected chi connectivity index (χ3v) is 3.10. The second-order valence-electron chi connectivity index (χ2n) is 5.00. The molecule has 0 aromatic rings. The van der Waals surface area contributed by atoms with E-state index in [1.165, 1.54) is 6.42 Å². The second kappa shape index (κ2) is 7.16. The van der Waals surface area contributed by atoms with Gasteiger partial charge in [-0.25, -0.2) is 4.99 Å². The average Bonchev–Trinajstić information content (AvgIpc) is 3.17. The van der Waals surface area contributed by atoms with E-state index in [2.05, 4.69) is 27.9 Å². The lowest BCUT2D eigenvalue weighted by Gasteiger charge is -2.10. The summed E-state index contributed by atoms with van der Waals surface area (Å²) < 4.78 is 0. The Morgan fingerprint density at radius 1 is 1.33 bits per heavy atom. The van der Waals surface area contributed by atoms with Gasteiger partial charge in [-0.1, -0.05) is 6.92 Å². The van der Waals surface area contributed by atoms with Gasteiger partial charge in [-0.15, -0.1) is 24.0 Å². The molecule has 0 aromatic carbocycles. The van der Waals surface area contributed by atoms with Crippen molar-refractivity contribution in [1.82, 2.24) is 16.0 Å². The number of hydrogen-bond acceptors (Lipinski definition) is 2. The number of halogens is 1. The van der Waals surface area contributed by atoms with Gasteiger partial charge in [-0.3, -0.25) is 4.79 Å². The number of hydrogen-bond donors (Lipinski definition) is 3. The monoisotopic (exact) mass is 366 g/mol. The second-order valence-corrected chi connectivity index (χ2v) is 5.00. The zero-order valence-corrected chi connectivity index (χ0v) is 13.4. The molecule has 18 heavy (non-hydrogen) atoms. The van der Waals surface area contributed by atoms with Crippen molar-refractivity contribution in [2.75, 3.05) is 13.1 Å². The molecule has 2 rings (SSSR count). The summed E-state index contributed by atoms with van der Waals surface area (Å²) in [7, 11) is 0. The highest BCUT2D eigenvalue weighted by Crippen LogP contribution is 2.28. The van der Waals surface area contributed by atoms with Crippen molar-refractivity contribution >= 4 is 35.8 Å². The van der Waals surface area contributed by atoms with Gasteiger partial charge in [0.1, 0.15) is 6.54 Å². The SMILES string of the molecule is CCNC(=NCC(=O)NC1CC1)NC1CC1C.I. The number of guanidine groups is 1. The van der Waals surface area contributed by atoms with Crippen LogP contribution in [0.1, 0.15) is 33.1 Å². The summed E-state index contributed by atoms with van der Waals surface area (Å²) in [5, 5.41) is 9.41. The fourth-order valence-electron chi connectivity index (χ4n) is 1.67. The molecule has 2 saturated carbocycles. The van der Waals surface area contributed by atoms with Crippen molar-refractivity contribution in [1.29, 1.82) is 0 Å². The molecule has 0 bridgehead atoms. The Balaban J connectivity index is 0.00000162. The number of carbonyl (C=O) groups excluding carboxylic acids is 1. The highest BCUT2D eigenvalue weighted by Gasteiger charge is 2.33. The molecule has 1 amide bonds. The van der Waals surface area contributed by atoms with Crippen molar-refractivity contribution in [2.24, 2.45) is 10.9 Å². The van der Waals surface area contributed by atoms with Gasteiger partial charge in [-0.2, -0.15) is 0 Å². The lowest BCUT2D eigenvalue weighted by molar-refractivity contribution is -0.119. The van der Waals surface area contributed by atoms with Crippen molar-refractivity contribution < 1.29 is 4.79 Å². The first-order valence-corrected chi connectivity index (χ1v) is 6.53. The van der Waals surface area contributed by atoms with Crippen LogP contribution in [0.5, 0.6) is 0 Å². The number of nitrogens with zero attached hydrogens (tertiary/aromatic N) is 1. The van der Waals surface area contributed by atoms with Gasteiger partial charge >= 0.3 is 0 Å². The average molecular weight is 366 g/mol. The van der Waals surface area contributed by atoms with E-state index >= 15 is 0 Å². The molecule has 0 saturated heterocycles. The quantitative estimate of drug-likeness (QED) is 0.384. The molecule has 0 spiro atoms. The summed E-state index contributed by atoms with van der Waals surface area (Å²) in [4.78, 5) is 15.8. The zero-order chi connectivity index (χ0) is 12.3. The van der Waals surface area contributed by atoms with Crippen LogP contribution in [-0.4, -0.2) is 37.0 Å². The molecule has 0 radical (unpaired) electrons. The molecule has 0 heterocycles. The predicted molar refractivity (Wildman–Crippen MR) is 83.3 cm³/mol. The van der Waals surface area contributed by atoms with Gasteiger partial charge < -0.3 is 16.0 Å². The molecule has 5 nitrogen and oxygen atoms in total. The first-order valence-electron chi connectivity index (χ1n) is 6.53. The number of carbonyl (C=O) groups is 1. The highest BCUT2D eigenvalue weighted by atomic mass is 127. The van der Waals surface area contributed by atoms with E-state index in [0.717, 1.165) is 31.3 Å². The lowest BCUT2D eigenvalue weighted by Crippen LogP contribution is -2.40. The summed E-state index contributed by atoms with van der Waals surface area (Å²) in [5.74, 6) is 1.50. The molecule has 0 aliphatic heterocycles. The molecule has 2 fully saturated rings. The van der Waals surface area contributed by atoms with Gasteiger partial charge in [-0.05, 0) is 32.1 Å². The molecule has 6 heteroatoms. The third kappa shape index (κ3) is 5.41.